The second-order valence-electron chi connectivity index (χ2n) is 9.97. The van der Waals surface area contributed by atoms with Gasteiger partial charge in [-0.3, -0.25) is 14.4 Å². The zero-order valence-electron chi connectivity index (χ0n) is 23.0. The van der Waals surface area contributed by atoms with Gasteiger partial charge in [-0.1, -0.05) is 59.8 Å². The summed E-state index contributed by atoms with van der Waals surface area (Å²) in [6, 6.07) is 17.3. The van der Waals surface area contributed by atoms with Crippen molar-refractivity contribution < 1.29 is 14.4 Å². The minimum atomic E-state index is -0.229. The van der Waals surface area contributed by atoms with Crippen LogP contribution in [0.4, 0.5) is 10.7 Å². The van der Waals surface area contributed by atoms with Crippen LogP contribution in [0.15, 0.2) is 59.8 Å². The summed E-state index contributed by atoms with van der Waals surface area (Å²) in [5.41, 5.74) is 4.49. The zero-order valence-corrected chi connectivity index (χ0v) is 24.7. The second-order valence-corrected chi connectivity index (χ2v) is 12.0. The summed E-state index contributed by atoms with van der Waals surface area (Å²) >= 11 is 2.73. The third-order valence-electron chi connectivity index (χ3n) is 6.86. The van der Waals surface area contributed by atoms with Crippen molar-refractivity contribution in [1.29, 1.82) is 0 Å². The molecule has 11 heteroatoms. The molecule has 1 aliphatic carbocycles. The Bertz CT molecular complexity index is 1550. The Morgan fingerprint density at radius 2 is 1.71 bits per heavy atom. The van der Waals surface area contributed by atoms with E-state index >= 15 is 0 Å². The van der Waals surface area contributed by atoms with E-state index in [1.54, 1.807) is 11.6 Å². The molecule has 0 spiro atoms. The first-order chi connectivity index (χ1) is 19.9. The SMILES string of the molecule is Cc1ccc(NC(=O)Cc2nnc(SCC(=O)Nc3sc4c(c3C(=O)NCc3ccccc3)CCCC4)n2C)cc1. The monoisotopic (exact) mass is 588 g/mol. The Balaban J connectivity index is 1.19. The van der Waals surface area contributed by atoms with Crippen molar-refractivity contribution in [3.8, 4) is 0 Å². The zero-order chi connectivity index (χ0) is 28.8. The summed E-state index contributed by atoms with van der Waals surface area (Å²) in [6.07, 6.45) is 3.93. The van der Waals surface area contributed by atoms with Crippen LogP contribution in [0, 0.1) is 6.92 Å². The van der Waals surface area contributed by atoms with Crippen molar-refractivity contribution in [2.45, 2.75) is 50.7 Å². The van der Waals surface area contributed by atoms with Gasteiger partial charge in [-0.2, -0.15) is 0 Å². The molecule has 0 bridgehead atoms. The number of hydrogen-bond donors (Lipinski definition) is 3. The number of benzene rings is 2. The van der Waals surface area contributed by atoms with Crippen LogP contribution in [0.3, 0.4) is 0 Å². The van der Waals surface area contributed by atoms with E-state index in [0.717, 1.165) is 48.1 Å². The van der Waals surface area contributed by atoms with Crippen LogP contribution in [0.25, 0.3) is 0 Å². The van der Waals surface area contributed by atoms with Gasteiger partial charge in [0.1, 0.15) is 10.8 Å². The van der Waals surface area contributed by atoms with Gasteiger partial charge in [0.05, 0.1) is 17.7 Å². The average molecular weight is 589 g/mol. The fourth-order valence-corrected chi connectivity index (χ4v) is 6.70. The van der Waals surface area contributed by atoms with Crippen LogP contribution in [0.5, 0.6) is 0 Å². The maximum atomic E-state index is 13.3. The Labute approximate surface area is 247 Å². The normalized spacial score (nSPS) is 12.4. The molecular formula is C30H32N6O3S2. The summed E-state index contributed by atoms with van der Waals surface area (Å²) < 4.78 is 1.72. The number of nitrogens with one attached hydrogen (secondary N) is 3. The third kappa shape index (κ3) is 7.22. The first-order valence-electron chi connectivity index (χ1n) is 13.5. The highest BCUT2D eigenvalue weighted by atomic mass is 32.2. The molecule has 9 nitrogen and oxygen atoms in total. The van der Waals surface area contributed by atoms with Crippen molar-refractivity contribution in [2.75, 3.05) is 16.4 Å². The van der Waals surface area contributed by atoms with E-state index in [4.69, 9.17) is 0 Å². The molecule has 3 amide bonds. The first kappa shape index (κ1) is 28.6. The first-order valence-corrected chi connectivity index (χ1v) is 15.3. The number of nitrogens with zero attached hydrogens (tertiary/aromatic N) is 3. The van der Waals surface area contributed by atoms with E-state index in [1.807, 2.05) is 61.5 Å². The van der Waals surface area contributed by atoms with E-state index in [-0.39, 0.29) is 29.9 Å². The number of aromatic nitrogens is 3. The fraction of sp³-hybridized carbons (Fsp3) is 0.300. The lowest BCUT2D eigenvalue weighted by atomic mass is 9.95. The van der Waals surface area contributed by atoms with Gasteiger partial charge in [-0.15, -0.1) is 21.5 Å². The third-order valence-corrected chi connectivity index (χ3v) is 9.09. The van der Waals surface area contributed by atoms with Crippen molar-refractivity contribution >= 4 is 51.5 Å². The molecule has 0 radical (unpaired) electrons. The minimum Gasteiger partial charge on any atom is -0.348 e. The van der Waals surface area contributed by atoms with Gasteiger partial charge in [0.15, 0.2) is 5.16 Å². The number of hydrogen-bond acceptors (Lipinski definition) is 7. The van der Waals surface area contributed by atoms with Crippen LogP contribution in [0.1, 0.15) is 50.6 Å². The van der Waals surface area contributed by atoms with Gasteiger partial charge in [-0.05, 0) is 55.9 Å². The number of aryl methyl sites for hydroxylation is 2. The highest BCUT2D eigenvalue weighted by Gasteiger charge is 2.26. The molecule has 5 rings (SSSR count). The summed E-state index contributed by atoms with van der Waals surface area (Å²) in [7, 11) is 1.78. The van der Waals surface area contributed by atoms with Crippen molar-refractivity contribution in [3.63, 3.8) is 0 Å². The lowest BCUT2D eigenvalue weighted by Gasteiger charge is -2.13. The van der Waals surface area contributed by atoms with Gasteiger partial charge in [0.25, 0.3) is 5.91 Å². The Kier molecular flexibility index (Phi) is 9.15. The fourth-order valence-electron chi connectivity index (χ4n) is 4.66. The van der Waals surface area contributed by atoms with E-state index in [2.05, 4.69) is 26.1 Å². The number of thiophene rings is 1. The van der Waals surface area contributed by atoms with Crippen molar-refractivity contribution in [2.24, 2.45) is 7.05 Å². The predicted molar refractivity (Wildman–Crippen MR) is 162 cm³/mol. The number of fused-ring (bicyclic) bond motifs is 1. The largest absolute Gasteiger partial charge is 0.348 e. The summed E-state index contributed by atoms with van der Waals surface area (Å²) in [5, 5.41) is 18.3. The summed E-state index contributed by atoms with van der Waals surface area (Å²) in [4.78, 5) is 40.0. The topological polar surface area (TPSA) is 118 Å². The number of amides is 3. The Morgan fingerprint density at radius 3 is 2.49 bits per heavy atom. The predicted octanol–water partition coefficient (Wildman–Crippen LogP) is 4.91. The van der Waals surface area contributed by atoms with Crippen LogP contribution in [-0.4, -0.2) is 38.2 Å². The van der Waals surface area contributed by atoms with Gasteiger partial charge < -0.3 is 20.5 Å². The number of anilines is 2. The molecule has 0 saturated heterocycles. The van der Waals surface area contributed by atoms with Crippen molar-refractivity contribution in [3.05, 3.63) is 87.6 Å². The molecule has 4 aromatic rings. The standard InChI is InChI=1S/C30H32N6O3S2/c1-19-12-14-21(15-13-19)32-25(37)16-24-34-35-30(36(24)2)40-18-26(38)33-29-27(22-10-6-7-11-23(22)41-29)28(39)31-17-20-8-4-3-5-9-20/h3-5,8-9,12-15H,6-7,10-11,16-18H2,1-2H3,(H,31,39)(H,32,37)(H,33,38). The van der Waals surface area contributed by atoms with E-state index in [1.165, 1.54) is 28.0 Å². The van der Waals surface area contributed by atoms with Gasteiger partial charge in [-0.25, -0.2) is 0 Å². The molecule has 0 fully saturated rings. The maximum Gasteiger partial charge on any atom is 0.254 e. The summed E-state index contributed by atoms with van der Waals surface area (Å²) in [6.45, 7) is 2.41. The molecule has 3 N–H and O–H groups in total. The molecule has 0 saturated carbocycles. The molecule has 0 atom stereocenters. The van der Waals surface area contributed by atoms with E-state index in [9.17, 15) is 14.4 Å². The molecule has 2 aromatic heterocycles. The highest BCUT2D eigenvalue weighted by Crippen LogP contribution is 2.38. The number of carbonyl (C=O) groups excluding carboxylic acids is 3. The molecular weight excluding hydrogens is 557 g/mol. The van der Waals surface area contributed by atoms with Crippen LogP contribution < -0.4 is 16.0 Å². The number of carbonyl (C=O) groups is 3. The van der Waals surface area contributed by atoms with Gasteiger partial charge >= 0.3 is 0 Å². The smallest absolute Gasteiger partial charge is 0.254 e. The molecule has 2 aromatic carbocycles. The average Bonchev–Trinajstić information content (AvgIpc) is 3.51. The molecule has 41 heavy (non-hydrogen) atoms. The molecule has 0 unspecified atom stereocenters. The summed E-state index contributed by atoms with van der Waals surface area (Å²) in [5.74, 6) is -0.000491. The van der Waals surface area contributed by atoms with Crippen LogP contribution in [0.2, 0.25) is 0 Å². The molecule has 1 aliphatic rings. The van der Waals surface area contributed by atoms with E-state index in [0.29, 0.717) is 28.1 Å². The lowest BCUT2D eigenvalue weighted by molar-refractivity contribution is -0.116. The van der Waals surface area contributed by atoms with E-state index < -0.39 is 0 Å². The highest BCUT2D eigenvalue weighted by molar-refractivity contribution is 7.99. The molecule has 2 heterocycles. The Hall–Kier alpha value is -3.96. The second kappa shape index (κ2) is 13.1. The van der Waals surface area contributed by atoms with Crippen molar-refractivity contribution in [1.82, 2.24) is 20.1 Å². The molecule has 0 aliphatic heterocycles. The van der Waals surface area contributed by atoms with Crippen LogP contribution in [-0.2, 0) is 42.4 Å². The lowest BCUT2D eigenvalue weighted by Crippen LogP contribution is -2.25. The maximum absolute atomic E-state index is 13.3. The van der Waals surface area contributed by atoms with Gasteiger partial charge in [0.2, 0.25) is 11.8 Å². The number of thioether (sulfide) groups is 1. The minimum absolute atomic E-state index is 0.0618. The quantitative estimate of drug-likeness (QED) is 0.227. The number of rotatable bonds is 10. The Morgan fingerprint density at radius 1 is 0.951 bits per heavy atom. The molecule has 212 valence electrons. The van der Waals surface area contributed by atoms with Crippen LogP contribution >= 0.6 is 23.1 Å². The van der Waals surface area contributed by atoms with Gasteiger partial charge in [0, 0.05) is 24.2 Å².